The smallest absolute Gasteiger partial charge is 0.256 e. The van der Waals surface area contributed by atoms with E-state index in [0.717, 1.165) is 19.6 Å². The molecule has 1 aromatic heterocycles. The number of aliphatic hydroxyl groups is 1. The molecule has 2 N–H and O–H groups in total. The van der Waals surface area contributed by atoms with E-state index in [2.05, 4.69) is 55.3 Å². The van der Waals surface area contributed by atoms with E-state index >= 15 is 0 Å². The molecule has 1 unspecified atom stereocenters. The molecular weight excluding hydrogens is 456 g/mol. The van der Waals surface area contributed by atoms with E-state index < -0.39 is 17.6 Å². The number of aromatic nitrogens is 1. The first-order chi connectivity index (χ1) is 17.0. The minimum Gasteiger partial charge on any atom is -0.383 e. The molecule has 8 nitrogen and oxygen atoms in total. The molecule has 1 aromatic carbocycles. The van der Waals surface area contributed by atoms with Gasteiger partial charge in [-0.25, -0.2) is 0 Å². The summed E-state index contributed by atoms with van der Waals surface area (Å²) in [6, 6.07) is 11.5. The molecule has 8 heteroatoms. The molecule has 2 fully saturated rings. The zero-order valence-corrected chi connectivity index (χ0v) is 21.2. The fourth-order valence-corrected chi connectivity index (χ4v) is 5.43. The Balaban J connectivity index is 1.25. The fraction of sp³-hybridized carbons (Fsp3) is 0.500. The lowest BCUT2D eigenvalue weighted by molar-refractivity contribution is -0.136. The molecular formula is C28H34N4O4. The van der Waals surface area contributed by atoms with Crippen LogP contribution in [0.1, 0.15) is 79.3 Å². The van der Waals surface area contributed by atoms with Gasteiger partial charge in [0.25, 0.3) is 5.91 Å². The normalized spacial score (nSPS) is 22.5. The van der Waals surface area contributed by atoms with E-state index in [9.17, 15) is 19.5 Å². The number of rotatable bonds is 4. The number of imide groups is 1. The number of hydrogen-bond donors (Lipinski definition) is 2. The number of fused-ring (bicyclic) bond motifs is 1. The summed E-state index contributed by atoms with van der Waals surface area (Å²) in [5.74, 6) is -0.999. The van der Waals surface area contributed by atoms with Gasteiger partial charge in [-0.2, -0.15) is 0 Å². The van der Waals surface area contributed by atoms with E-state index in [-0.39, 0.29) is 30.2 Å². The first kappa shape index (κ1) is 24.6. The maximum absolute atomic E-state index is 12.9. The number of carbonyl (C=O) groups is 3. The molecule has 0 bridgehead atoms. The predicted molar refractivity (Wildman–Crippen MR) is 134 cm³/mol. The van der Waals surface area contributed by atoms with Gasteiger partial charge in [-0.05, 0) is 47.9 Å². The minimum atomic E-state index is -1.05. The third-order valence-electron chi connectivity index (χ3n) is 7.73. The van der Waals surface area contributed by atoms with Crippen molar-refractivity contribution in [2.75, 3.05) is 13.1 Å². The molecule has 3 aliphatic rings. The van der Waals surface area contributed by atoms with Crippen molar-refractivity contribution in [3.8, 4) is 0 Å². The van der Waals surface area contributed by atoms with Gasteiger partial charge in [-0.15, -0.1) is 0 Å². The Morgan fingerprint density at radius 1 is 1.11 bits per heavy atom. The molecule has 1 atom stereocenters. The molecule has 0 spiro atoms. The summed E-state index contributed by atoms with van der Waals surface area (Å²) in [7, 11) is 0. The Morgan fingerprint density at radius 2 is 1.86 bits per heavy atom. The Kier molecular flexibility index (Phi) is 6.21. The molecule has 0 saturated carbocycles. The summed E-state index contributed by atoms with van der Waals surface area (Å²) in [6.45, 7) is 9.19. The van der Waals surface area contributed by atoms with Crippen LogP contribution in [0.3, 0.4) is 0 Å². The van der Waals surface area contributed by atoms with Crippen LogP contribution < -0.4 is 5.32 Å². The lowest BCUT2D eigenvalue weighted by Gasteiger charge is -2.38. The SMILES string of the molecule is CC(C)(C)c1cccc(CN2CCC(O)(c3ccc4c(n3)CN(C3CCC(=O)NC3=O)C4=O)CC2)c1. The Bertz CT molecular complexity index is 1210. The molecule has 4 heterocycles. The van der Waals surface area contributed by atoms with E-state index in [1.807, 2.05) is 0 Å². The molecule has 190 valence electrons. The number of piperidine rings is 2. The number of likely N-dealkylation sites (tertiary alicyclic amines) is 1. The molecule has 0 radical (unpaired) electrons. The van der Waals surface area contributed by atoms with Crippen molar-refractivity contribution in [1.82, 2.24) is 20.1 Å². The van der Waals surface area contributed by atoms with Crippen LogP contribution >= 0.6 is 0 Å². The number of benzene rings is 1. The van der Waals surface area contributed by atoms with E-state index in [1.165, 1.54) is 16.0 Å². The standard InChI is InChI=1S/C28H34N4O4/c1-27(2,3)19-6-4-5-18(15-19)16-31-13-11-28(36,12-14-31)23-9-7-20-21(29-23)17-32(26(20)35)22-8-10-24(33)30-25(22)34/h4-7,9,15,22,36H,8,10-14,16-17H2,1-3H3,(H,30,33,34). The molecule has 2 saturated heterocycles. The number of hydrogen-bond acceptors (Lipinski definition) is 6. The average Bonchev–Trinajstić information content (AvgIpc) is 3.16. The van der Waals surface area contributed by atoms with Gasteiger partial charge in [-0.1, -0.05) is 45.0 Å². The van der Waals surface area contributed by atoms with E-state index in [4.69, 9.17) is 4.98 Å². The van der Waals surface area contributed by atoms with Crippen molar-refractivity contribution in [2.45, 2.75) is 76.6 Å². The van der Waals surface area contributed by atoms with Crippen molar-refractivity contribution in [2.24, 2.45) is 0 Å². The Morgan fingerprint density at radius 3 is 2.56 bits per heavy atom. The second-order valence-electron chi connectivity index (χ2n) is 11.3. The predicted octanol–water partition coefficient (Wildman–Crippen LogP) is 2.62. The van der Waals surface area contributed by atoms with E-state index in [0.29, 0.717) is 36.2 Å². The summed E-state index contributed by atoms with van der Waals surface area (Å²) >= 11 is 0. The lowest BCUT2D eigenvalue weighted by atomic mass is 9.85. The van der Waals surface area contributed by atoms with Crippen LogP contribution in [0.2, 0.25) is 0 Å². The second-order valence-corrected chi connectivity index (χ2v) is 11.3. The van der Waals surface area contributed by atoms with Crippen LogP contribution in [-0.4, -0.2) is 56.7 Å². The van der Waals surface area contributed by atoms with Crippen LogP contribution in [0.15, 0.2) is 36.4 Å². The maximum Gasteiger partial charge on any atom is 0.256 e. The summed E-state index contributed by atoms with van der Waals surface area (Å²) in [5.41, 5.74) is 3.26. The summed E-state index contributed by atoms with van der Waals surface area (Å²) in [4.78, 5) is 45.3. The van der Waals surface area contributed by atoms with Gasteiger partial charge >= 0.3 is 0 Å². The van der Waals surface area contributed by atoms with Crippen LogP contribution in [0.4, 0.5) is 0 Å². The highest BCUT2D eigenvalue weighted by atomic mass is 16.3. The van der Waals surface area contributed by atoms with Crippen molar-refractivity contribution in [1.29, 1.82) is 0 Å². The number of carbonyl (C=O) groups excluding carboxylic acids is 3. The zero-order valence-electron chi connectivity index (χ0n) is 21.2. The third-order valence-corrected chi connectivity index (χ3v) is 7.73. The quantitative estimate of drug-likeness (QED) is 0.639. The first-order valence-electron chi connectivity index (χ1n) is 12.7. The summed E-state index contributed by atoms with van der Waals surface area (Å²) < 4.78 is 0. The van der Waals surface area contributed by atoms with Crippen molar-refractivity contribution >= 4 is 17.7 Å². The van der Waals surface area contributed by atoms with Crippen LogP contribution in [0.5, 0.6) is 0 Å². The fourth-order valence-electron chi connectivity index (χ4n) is 5.43. The number of pyridine rings is 1. The lowest BCUT2D eigenvalue weighted by Crippen LogP contribution is -2.52. The Hall–Kier alpha value is -3.10. The molecule has 3 amide bonds. The topological polar surface area (TPSA) is 103 Å². The van der Waals surface area contributed by atoms with Gasteiger partial charge in [0.1, 0.15) is 11.6 Å². The highest BCUT2D eigenvalue weighted by Crippen LogP contribution is 2.35. The first-order valence-corrected chi connectivity index (χ1v) is 12.7. The van der Waals surface area contributed by atoms with E-state index in [1.54, 1.807) is 12.1 Å². The summed E-state index contributed by atoms with van der Waals surface area (Å²) in [6.07, 6.45) is 1.65. The van der Waals surface area contributed by atoms with Crippen LogP contribution in [-0.2, 0) is 33.7 Å². The number of amides is 3. The Labute approximate surface area is 211 Å². The monoisotopic (exact) mass is 490 g/mol. The van der Waals surface area contributed by atoms with Crippen molar-refractivity contribution < 1.29 is 19.5 Å². The van der Waals surface area contributed by atoms with Gasteiger partial charge in [0, 0.05) is 26.1 Å². The largest absolute Gasteiger partial charge is 0.383 e. The highest BCUT2D eigenvalue weighted by molar-refractivity contribution is 6.05. The zero-order chi connectivity index (χ0) is 25.7. The molecule has 2 aromatic rings. The van der Waals surface area contributed by atoms with Gasteiger partial charge in [0.15, 0.2) is 0 Å². The van der Waals surface area contributed by atoms with Crippen LogP contribution in [0, 0.1) is 0 Å². The molecule has 3 aliphatic heterocycles. The average molecular weight is 491 g/mol. The maximum atomic E-state index is 12.9. The number of nitrogens with zero attached hydrogens (tertiary/aromatic N) is 3. The van der Waals surface area contributed by atoms with Gasteiger partial charge < -0.3 is 10.0 Å². The molecule has 36 heavy (non-hydrogen) atoms. The van der Waals surface area contributed by atoms with Crippen molar-refractivity contribution in [3.63, 3.8) is 0 Å². The van der Waals surface area contributed by atoms with Gasteiger partial charge in [0.05, 0.1) is 23.5 Å². The van der Waals surface area contributed by atoms with Gasteiger partial charge in [-0.3, -0.25) is 29.6 Å². The van der Waals surface area contributed by atoms with Crippen LogP contribution in [0.25, 0.3) is 0 Å². The van der Waals surface area contributed by atoms with Crippen molar-refractivity contribution in [3.05, 3.63) is 64.5 Å². The second kappa shape index (κ2) is 9.09. The molecule has 0 aliphatic carbocycles. The highest BCUT2D eigenvalue weighted by Gasteiger charge is 2.41. The minimum absolute atomic E-state index is 0.104. The molecule has 5 rings (SSSR count). The summed E-state index contributed by atoms with van der Waals surface area (Å²) in [5, 5.41) is 13.8. The number of nitrogens with one attached hydrogen (secondary N) is 1. The third kappa shape index (κ3) is 4.67. The van der Waals surface area contributed by atoms with Gasteiger partial charge in [0.2, 0.25) is 11.8 Å².